The van der Waals surface area contributed by atoms with E-state index in [9.17, 15) is 13.2 Å². The van der Waals surface area contributed by atoms with Gasteiger partial charge in [0.25, 0.3) is 0 Å². The molecule has 0 unspecified atom stereocenters. The average molecular weight is 423 g/mol. The number of ether oxygens (including phenoxy) is 3. The molecule has 0 fully saturated rings. The molecule has 1 amide bonds. The Kier molecular flexibility index (Phi) is 7.33. The van der Waals surface area contributed by atoms with E-state index < -0.39 is 10.0 Å². The van der Waals surface area contributed by atoms with Crippen molar-refractivity contribution in [3.8, 4) is 17.2 Å². The van der Waals surface area contributed by atoms with Crippen molar-refractivity contribution in [2.45, 2.75) is 6.54 Å². The summed E-state index contributed by atoms with van der Waals surface area (Å²) >= 11 is 0. The number of benzene rings is 2. The number of carbonyl (C=O) groups excluding carboxylic acids is 1. The zero-order chi connectivity index (χ0) is 21.6. The summed E-state index contributed by atoms with van der Waals surface area (Å²) in [6.45, 7) is -0.0370. The normalized spacial score (nSPS) is 10.9. The summed E-state index contributed by atoms with van der Waals surface area (Å²) in [4.78, 5) is 14.2. The predicted molar refractivity (Wildman–Crippen MR) is 111 cm³/mol. The zero-order valence-electron chi connectivity index (χ0n) is 17.2. The van der Waals surface area contributed by atoms with Crippen LogP contribution in [0.1, 0.15) is 5.56 Å². The number of sulfonamides is 1. The Morgan fingerprint density at radius 3 is 2.24 bits per heavy atom. The molecule has 0 radical (unpaired) electrons. The Labute approximate surface area is 171 Å². The Bertz CT molecular complexity index is 961. The molecule has 8 nitrogen and oxygen atoms in total. The van der Waals surface area contributed by atoms with Gasteiger partial charge in [0.1, 0.15) is 12.3 Å². The van der Waals surface area contributed by atoms with Gasteiger partial charge in [0, 0.05) is 19.7 Å². The first-order valence-corrected chi connectivity index (χ1v) is 10.6. The van der Waals surface area contributed by atoms with Crippen molar-refractivity contribution in [2.24, 2.45) is 0 Å². The van der Waals surface area contributed by atoms with Crippen LogP contribution in [0.5, 0.6) is 17.2 Å². The first kappa shape index (κ1) is 22.4. The third-order valence-corrected chi connectivity index (χ3v) is 5.45. The Hall–Kier alpha value is -2.94. The van der Waals surface area contributed by atoms with E-state index in [-0.39, 0.29) is 19.0 Å². The van der Waals surface area contributed by atoms with E-state index in [4.69, 9.17) is 14.2 Å². The number of rotatable bonds is 9. The van der Waals surface area contributed by atoms with E-state index in [0.717, 1.165) is 16.1 Å². The van der Waals surface area contributed by atoms with Crippen LogP contribution >= 0.6 is 0 Å². The maximum Gasteiger partial charge on any atom is 0.243 e. The van der Waals surface area contributed by atoms with Gasteiger partial charge in [-0.1, -0.05) is 12.1 Å². The van der Waals surface area contributed by atoms with Crippen LogP contribution in [0.4, 0.5) is 5.69 Å². The predicted octanol–water partition coefficient (Wildman–Crippen LogP) is 2.14. The minimum Gasteiger partial charge on any atom is -0.497 e. The average Bonchev–Trinajstić information content (AvgIpc) is 2.70. The molecule has 0 aromatic heterocycles. The molecule has 2 aromatic carbocycles. The van der Waals surface area contributed by atoms with Gasteiger partial charge in [0.15, 0.2) is 11.5 Å². The Morgan fingerprint density at radius 1 is 0.966 bits per heavy atom. The lowest BCUT2D eigenvalue weighted by Crippen LogP contribution is -2.41. The van der Waals surface area contributed by atoms with Crippen LogP contribution in [-0.2, 0) is 21.4 Å². The van der Waals surface area contributed by atoms with Crippen LogP contribution in [0, 0.1) is 0 Å². The van der Waals surface area contributed by atoms with Crippen molar-refractivity contribution in [2.75, 3.05) is 45.5 Å². The van der Waals surface area contributed by atoms with Crippen LogP contribution in [0.2, 0.25) is 0 Å². The smallest absolute Gasteiger partial charge is 0.243 e. The highest BCUT2D eigenvalue weighted by Crippen LogP contribution is 2.28. The highest BCUT2D eigenvalue weighted by molar-refractivity contribution is 7.92. The lowest BCUT2D eigenvalue weighted by atomic mass is 10.2. The zero-order valence-corrected chi connectivity index (χ0v) is 18.0. The largest absolute Gasteiger partial charge is 0.497 e. The number of nitrogens with zero attached hydrogens (tertiary/aromatic N) is 2. The van der Waals surface area contributed by atoms with Gasteiger partial charge in [-0.3, -0.25) is 9.10 Å². The molecule has 0 spiro atoms. The van der Waals surface area contributed by atoms with Gasteiger partial charge in [0.2, 0.25) is 15.9 Å². The molecule has 0 saturated carbocycles. The minimum absolute atomic E-state index is 0.287. The maximum absolute atomic E-state index is 12.7. The first-order chi connectivity index (χ1) is 13.7. The number of likely N-dealkylation sites (N-methyl/N-ethyl adjacent to an activating group) is 1. The highest BCUT2D eigenvalue weighted by atomic mass is 32.2. The Balaban J connectivity index is 2.18. The van der Waals surface area contributed by atoms with Crippen LogP contribution in [0.3, 0.4) is 0 Å². The van der Waals surface area contributed by atoms with Gasteiger partial charge >= 0.3 is 0 Å². The molecule has 2 aromatic rings. The van der Waals surface area contributed by atoms with Gasteiger partial charge in [-0.05, 0) is 29.8 Å². The summed E-state index contributed by atoms with van der Waals surface area (Å²) in [6.07, 6.45) is 1.06. The van der Waals surface area contributed by atoms with Crippen molar-refractivity contribution >= 4 is 21.6 Å². The minimum atomic E-state index is -3.67. The van der Waals surface area contributed by atoms with E-state index in [1.165, 1.54) is 19.1 Å². The quantitative estimate of drug-likeness (QED) is 0.616. The fourth-order valence-corrected chi connectivity index (χ4v) is 3.59. The van der Waals surface area contributed by atoms with Crippen LogP contribution in [-0.4, -0.2) is 60.4 Å². The second kappa shape index (κ2) is 9.51. The summed E-state index contributed by atoms with van der Waals surface area (Å²) in [7, 11) is 2.52. The molecule has 0 heterocycles. The summed E-state index contributed by atoms with van der Waals surface area (Å²) < 4.78 is 41.3. The summed E-state index contributed by atoms with van der Waals surface area (Å²) in [5.41, 5.74) is 1.19. The van der Waals surface area contributed by atoms with Crippen molar-refractivity contribution in [3.05, 3.63) is 48.0 Å². The molecule has 0 bridgehead atoms. The molecule has 0 saturated heterocycles. The molecule has 158 valence electrons. The second-order valence-electron chi connectivity index (χ2n) is 6.41. The molecule has 0 aliphatic rings. The van der Waals surface area contributed by atoms with E-state index >= 15 is 0 Å². The number of hydrogen-bond acceptors (Lipinski definition) is 6. The van der Waals surface area contributed by atoms with Crippen LogP contribution in [0.25, 0.3) is 0 Å². The number of hydrogen-bond donors (Lipinski definition) is 0. The summed E-state index contributed by atoms with van der Waals surface area (Å²) in [5.74, 6) is 1.29. The van der Waals surface area contributed by atoms with Gasteiger partial charge < -0.3 is 19.1 Å². The monoisotopic (exact) mass is 422 g/mol. The molecule has 9 heteroatoms. The van der Waals surface area contributed by atoms with E-state index in [1.54, 1.807) is 50.6 Å². The van der Waals surface area contributed by atoms with Gasteiger partial charge in [-0.15, -0.1) is 0 Å². The number of anilines is 1. The first-order valence-electron chi connectivity index (χ1n) is 8.76. The van der Waals surface area contributed by atoms with E-state index in [0.29, 0.717) is 22.9 Å². The lowest BCUT2D eigenvalue weighted by Gasteiger charge is -2.25. The molecule has 29 heavy (non-hydrogen) atoms. The van der Waals surface area contributed by atoms with E-state index in [1.807, 2.05) is 6.07 Å². The molecule has 0 aliphatic heterocycles. The third-order valence-electron chi connectivity index (χ3n) is 4.31. The van der Waals surface area contributed by atoms with Crippen molar-refractivity contribution < 1.29 is 27.4 Å². The fraction of sp³-hybridized carbons (Fsp3) is 0.350. The maximum atomic E-state index is 12.7. The van der Waals surface area contributed by atoms with Crippen LogP contribution in [0.15, 0.2) is 42.5 Å². The van der Waals surface area contributed by atoms with E-state index in [2.05, 4.69) is 0 Å². The highest BCUT2D eigenvalue weighted by Gasteiger charge is 2.23. The number of methoxy groups -OCH3 is 3. The SMILES string of the molecule is COc1cccc(N(CC(=O)N(C)Cc2ccc(OC)c(OC)c2)S(C)(=O)=O)c1. The molecule has 0 atom stereocenters. The van der Waals surface area contributed by atoms with Crippen molar-refractivity contribution in [3.63, 3.8) is 0 Å². The standard InChI is InChI=1S/C20H26N2O6S/c1-21(13-15-9-10-18(27-3)19(11-15)28-4)20(23)14-22(29(5,24)25)16-7-6-8-17(12-16)26-2/h6-12H,13-14H2,1-5H3. The van der Waals surface area contributed by atoms with Gasteiger partial charge in [-0.25, -0.2) is 8.42 Å². The van der Waals surface area contributed by atoms with Gasteiger partial charge in [-0.2, -0.15) is 0 Å². The molecule has 0 N–H and O–H groups in total. The molecule has 2 rings (SSSR count). The van der Waals surface area contributed by atoms with Gasteiger partial charge in [0.05, 0.1) is 33.3 Å². The number of amides is 1. The Morgan fingerprint density at radius 2 is 1.66 bits per heavy atom. The second-order valence-corrected chi connectivity index (χ2v) is 8.32. The molecule has 0 aliphatic carbocycles. The van der Waals surface area contributed by atoms with Crippen LogP contribution < -0.4 is 18.5 Å². The third kappa shape index (κ3) is 5.77. The molecular weight excluding hydrogens is 396 g/mol. The van der Waals surface area contributed by atoms with Crippen molar-refractivity contribution in [1.29, 1.82) is 0 Å². The fourth-order valence-electron chi connectivity index (χ4n) is 2.75. The molecular formula is C20H26N2O6S. The summed E-state index contributed by atoms with van der Waals surface area (Å²) in [6, 6.07) is 11.9. The lowest BCUT2D eigenvalue weighted by molar-refractivity contribution is -0.128. The topological polar surface area (TPSA) is 85.4 Å². The van der Waals surface area contributed by atoms with Crippen molar-refractivity contribution in [1.82, 2.24) is 4.90 Å². The summed E-state index contributed by atoms with van der Waals surface area (Å²) in [5, 5.41) is 0. The number of carbonyl (C=O) groups is 1.